The lowest BCUT2D eigenvalue weighted by Gasteiger charge is -2.36. The number of halogens is 3. The predicted molar refractivity (Wildman–Crippen MR) is 81.3 cm³/mol. The van der Waals surface area contributed by atoms with E-state index in [0.717, 1.165) is 12.1 Å². The van der Waals surface area contributed by atoms with Crippen LogP contribution in [-0.2, 0) is 17.5 Å². The summed E-state index contributed by atoms with van der Waals surface area (Å²) in [7, 11) is 0. The smallest absolute Gasteiger partial charge is 0.393 e. The van der Waals surface area contributed by atoms with Gasteiger partial charge in [0.1, 0.15) is 0 Å². The fourth-order valence-corrected chi connectivity index (χ4v) is 2.60. The number of amides is 2. The lowest BCUT2D eigenvalue weighted by molar-refractivity contribution is -0.137. The molecule has 1 heterocycles. The Hall–Kier alpha value is -1.80. The number of alkyl halides is 3. The monoisotopic (exact) mass is 346 g/mol. The Morgan fingerprint density at radius 1 is 1.42 bits per heavy atom. The molecular weight excluding hydrogens is 325 g/mol. The Balaban J connectivity index is 1.91. The molecule has 1 fully saturated rings. The first-order chi connectivity index (χ1) is 11.3. The van der Waals surface area contributed by atoms with Crippen molar-refractivity contribution in [1.82, 2.24) is 10.2 Å². The largest absolute Gasteiger partial charge is 0.416 e. The summed E-state index contributed by atoms with van der Waals surface area (Å²) in [5, 5.41) is 12.2. The third-order valence-corrected chi connectivity index (χ3v) is 3.83. The lowest BCUT2D eigenvalue weighted by atomic mass is 10.1. The molecule has 0 aliphatic carbocycles. The average Bonchev–Trinajstić information content (AvgIpc) is 2.52. The Morgan fingerprint density at radius 2 is 2.08 bits per heavy atom. The summed E-state index contributed by atoms with van der Waals surface area (Å²) in [6.07, 6.45) is -4.51. The van der Waals surface area contributed by atoms with E-state index in [1.54, 1.807) is 11.8 Å². The van der Waals surface area contributed by atoms with E-state index in [1.807, 2.05) is 0 Å². The van der Waals surface area contributed by atoms with Crippen LogP contribution in [0.25, 0.3) is 0 Å². The summed E-state index contributed by atoms with van der Waals surface area (Å²) in [5.41, 5.74) is -0.139. The number of aliphatic hydroxyl groups is 1. The molecule has 1 saturated heterocycles. The van der Waals surface area contributed by atoms with Gasteiger partial charge in [-0.05, 0) is 31.0 Å². The third kappa shape index (κ3) is 5.10. The highest BCUT2D eigenvalue weighted by atomic mass is 19.4. The van der Waals surface area contributed by atoms with Crippen LogP contribution in [0.15, 0.2) is 24.3 Å². The second-order valence-corrected chi connectivity index (χ2v) is 5.86. The van der Waals surface area contributed by atoms with Crippen LogP contribution < -0.4 is 5.32 Å². The van der Waals surface area contributed by atoms with Crippen molar-refractivity contribution >= 4 is 6.03 Å². The van der Waals surface area contributed by atoms with Crippen molar-refractivity contribution in [2.45, 2.75) is 38.2 Å². The van der Waals surface area contributed by atoms with E-state index >= 15 is 0 Å². The van der Waals surface area contributed by atoms with Crippen molar-refractivity contribution < 1.29 is 27.8 Å². The normalized spacial score (nSPS) is 19.9. The van der Waals surface area contributed by atoms with Crippen LogP contribution >= 0.6 is 0 Å². The van der Waals surface area contributed by atoms with Gasteiger partial charge in [-0.3, -0.25) is 0 Å². The van der Waals surface area contributed by atoms with Gasteiger partial charge in [-0.2, -0.15) is 13.2 Å². The maximum atomic E-state index is 12.5. The van der Waals surface area contributed by atoms with E-state index in [4.69, 9.17) is 4.74 Å². The standard InChI is InChI=1S/C16H21F3N2O3/c1-11(22)8-14-10-24-7-6-21(14)15(23)20-9-12-2-4-13(5-3-12)16(17,18)19/h2-5,11,14,22H,6-10H2,1H3,(H,20,23)/t11-,14+/m1/s1. The van der Waals surface area contributed by atoms with E-state index in [2.05, 4.69) is 5.32 Å². The SMILES string of the molecule is C[C@@H](O)C[C@H]1COCCN1C(=O)NCc1ccc(C(F)(F)F)cc1. The van der Waals surface area contributed by atoms with Gasteiger partial charge in [0, 0.05) is 13.1 Å². The number of hydrogen-bond donors (Lipinski definition) is 2. The van der Waals surface area contributed by atoms with Crippen molar-refractivity contribution in [2.24, 2.45) is 0 Å². The van der Waals surface area contributed by atoms with Gasteiger partial charge in [-0.1, -0.05) is 12.1 Å². The first-order valence-corrected chi connectivity index (χ1v) is 7.74. The summed E-state index contributed by atoms with van der Waals surface area (Å²) in [4.78, 5) is 13.9. The summed E-state index contributed by atoms with van der Waals surface area (Å²) >= 11 is 0. The number of rotatable bonds is 4. The molecule has 1 aliphatic heterocycles. The number of urea groups is 1. The zero-order valence-electron chi connectivity index (χ0n) is 13.3. The molecular formula is C16H21F3N2O3. The van der Waals surface area contributed by atoms with E-state index in [1.165, 1.54) is 12.1 Å². The van der Waals surface area contributed by atoms with Gasteiger partial charge in [-0.15, -0.1) is 0 Å². The molecule has 1 aromatic carbocycles. The van der Waals surface area contributed by atoms with Crippen molar-refractivity contribution in [3.63, 3.8) is 0 Å². The van der Waals surface area contributed by atoms with Crippen molar-refractivity contribution in [2.75, 3.05) is 19.8 Å². The second kappa shape index (κ2) is 7.85. The average molecular weight is 346 g/mol. The number of hydrogen-bond acceptors (Lipinski definition) is 3. The maximum Gasteiger partial charge on any atom is 0.416 e. The number of nitrogens with one attached hydrogen (secondary N) is 1. The first-order valence-electron chi connectivity index (χ1n) is 7.74. The molecule has 2 amide bonds. The molecule has 1 aromatic rings. The van der Waals surface area contributed by atoms with Crippen LogP contribution in [0, 0.1) is 0 Å². The molecule has 24 heavy (non-hydrogen) atoms. The maximum absolute atomic E-state index is 12.5. The Morgan fingerprint density at radius 3 is 2.67 bits per heavy atom. The van der Waals surface area contributed by atoms with E-state index in [-0.39, 0.29) is 18.6 Å². The van der Waals surface area contributed by atoms with E-state index < -0.39 is 17.8 Å². The van der Waals surface area contributed by atoms with Gasteiger partial charge < -0.3 is 20.1 Å². The third-order valence-electron chi connectivity index (χ3n) is 3.83. The molecule has 0 aromatic heterocycles. The lowest BCUT2D eigenvalue weighted by Crippen LogP contribution is -2.53. The summed E-state index contributed by atoms with van der Waals surface area (Å²) in [6, 6.07) is 4.14. The molecule has 134 valence electrons. The van der Waals surface area contributed by atoms with E-state index in [9.17, 15) is 23.1 Å². The van der Waals surface area contributed by atoms with Gasteiger partial charge in [-0.25, -0.2) is 4.79 Å². The molecule has 0 saturated carbocycles. The van der Waals surface area contributed by atoms with Gasteiger partial charge in [0.25, 0.3) is 0 Å². The Kier molecular flexibility index (Phi) is 6.06. The molecule has 0 bridgehead atoms. The van der Waals surface area contributed by atoms with Gasteiger partial charge in [0.05, 0.1) is 30.9 Å². The van der Waals surface area contributed by atoms with Crippen LogP contribution in [0.3, 0.4) is 0 Å². The number of morpholine rings is 1. The molecule has 2 rings (SSSR count). The molecule has 2 N–H and O–H groups in total. The highest BCUT2D eigenvalue weighted by Crippen LogP contribution is 2.29. The molecule has 2 atom stereocenters. The van der Waals surface area contributed by atoms with Crippen LogP contribution in [0.2, 0.25) is 0 Å². The number of aliphatic hydroxyl groups excluding tert-OH is 1. The Labute approximate surface area is 138 Å². The van der Waals surface area contributed by atoms with Crippen LogP contribution in [0.5, 0.6) is 0 Å². The quantitative estimate of drug-likeness (QED) is 0.880. The predicted octanol–water partition coefficient (Wildman–Crippen LogP) is 2.39. The number of carbonyl (C=O) groups is 1. The van der Waals surface area contributed by atoms with Gasteiger partial charge in [0.15, 0.2) is 0 Å². The first kappa shape index (κ1) is 18.5. The molecule has 0 spiro atoms. The highest BCUT2D eigenvalue weighted by Gasteiger charge is 2.30. The number of nitrogens with zero attached hydrogens (tertiary/aromatic N) is 1. The number of carbonyl (C=O) groups excluding carboxylic acids is 1. The van der Waals surface area contributed by atoms with E-state index in [0.29, 0.717) is 31.7 Å². The topological polar surface area (TPSA) is 61.8 Å². The summed E-state index contributed by atoms with van der Waals surface area (Å²) in [5.74, 6) is 0. The minimum atomic E-state index is -4.37. The molecule has 1 aliphatic rings. The summed E-state index contributed by atoms with van der Waals surface area (Å²) in [6.45, 7) is 2.97. The fraction of sp³-hybridized carbons (Fsp3) is 0.562. The van der Waals surface area contributed by atoms with Crippen LogP contribution in [-0.4, -0.2) is 47.9 Å². The zero-order chi connectivity index (χ0) is 17.7. The molecule has 5 nitrogen and oxygen atoms in total. The van der Waals surface area contributed by atoms with Crippen molar-refractivity contribution in [3.05, 3.63) is 35.4 Å². The number of benzene rings is 1. The highest BCUT2D eigenvalue weighted by molar-refractivity contribution is 5.74. The van der Waals surface area contributed by atoms with Crippen LogP contribution in [0.4, 0.5) is 18.0 Å². The molecule has 0 radical (unpaired) electrons. The minimum absolute atomic E-state index is 0.135. The molecule has 8 heteroatoms. The number of ether oxygens (including phenoxy) is 1. The summed E-state index contributed by atoms with van der Waals surface area (Å²) < 4.78 is 42.9. The van der Waals surface area contributed by atoms with Gasteiger partial charge >= 0.3 is 12.2 Å². The van der Waals surface area contributed by atoms with Crippen LogP contribution in [0.1, 0.15) is 24.5 Å². The minimum Gasteiger partial charge on any atom is -0.393 e. The molecule has 0 unspecified atom stereocenters. The van der Waals surface area contributed by atoms with Gasteiger partial charge in [0.2, 0.25) is 0 Å². The van der Waals surface area contributed by atoms with Crippen molar-refractivity contribution in [3.8, 4) is 0 Å². The van der Waals surface area contributed by atoms with Crippen molar-refractivity contribution in [1.29, 1.82) is 0 Å². The Bertz CT molecular complexity index is 546. The second-order valence-electron chi connectivity index (χ2n) is 5.86. The zero-order valence-corrected chi connectivity index (χ0v) is 13.3. The fourth-order valence-electron chi connectivity index (χ4n) is 2.60.